The van der Waals surface area contributed by atoms with Crippen LogP contribution < -0.4 is 0 Å². The van der Waals surface area contributed by atoms with Crippen molar-refractivity contribution in [2.45, 2.75) is 123 Å². The zero-order chi connectivity index (χ0) is 43.7. The summed E-state index contributed by atoms with van der Waals surface area (Å²) < 4.78 is 37.0. The predicted molar refractivity (Wildman–Crippen MR) is 216 cm³/mol. The SMILES string of the molecule is C#CCOC(=O)N1[C@@H](c2ccccc2)[C@H](C(=O)O[C@H]2C[C@@]3(O)[C@@H](OC(=O)c4ccccc4)[C@@H]4[C@]5(OC(C)=O)CO[C@@H]5C[C@H](C)[C@@]4(C)C(=O)[C@H](C)C(=C2C)C3(C)C)OC1(C)C. The molecule has 0 aromatic heterocycles. The smallest absolute Gasteiger partial charge is 0.413 e. The predicted octanol–water partition coefficient (Wildman–Crippen LogP) is 6.13. The Hall–Kier alpha value is -5.03. The number of terminal acetylenes is 1. The van der Waals surface area contributed by atoms with Crippen molar-refractivity contribution >= 4 is 29.8 Å². The topological polar surface area (TPSA) is 164 Å². The molecule has 4 fully saturated rings. The largest absolute Gasteiger partial charge is 0.456 e. The van der Waals surface area contributed by atoms with Crippen LogP contribution in [0.4, 0.5) is 4.79 Å². The summed E-state index contributed by atoms with van der Waals surface area (Å²) in [5.74, 6) is -2.41. The first kappa shape index (κ1) is 43.1. The molecular weight excluding hydrogens is 771 g/mol. The van der Waals surface area contributed by atoms with E-state index >= 15 is 4.79 Å². The molecule has 3 aliphatic carbocycles. The van der Waals surface area contributed by atoms with Crippen molar-refractivity contribution in [3.05, 3.63) is 82.9 Å². The number of nitrogens with zero attached hydrogens (tertiary/aromatic N) is 1. The van der Waals surface area contributed by atoms with Crippen LogP contribution in [0.25, 0.3) is 0 Å². The van der Waals surface area contributed by atoms with Gasteiger partial charge in [-0.1, -0.05) is 89.1 Å². The van der Waals surface area contributed by atoms with Crippen LogP contribution >= 0.6 is 0 Å². The standard InChI is InChI=1S/C47H55NO12/c1-11-22-55-42(53)48-35(30-18-14-12-15-19-30)36(60-44(48,8)9)41(52)57-32-24-47(54)39(58-40(51)31-20-16-13-17-21-31)37-45(10,38(50)28(4)34(27(32)3)43(47,6)7)26(2)23-33-46(37,25-56-33)59-29(5)49/h1,12-21,26,28,32-33,35-37,39,54H,22-25H2,2-10H3/t26-,28+,32-,33+,35-,36+,37-,39-,45+,46-,47+/m0/s1. The Morgan fingerprint density at radius 3 is 2.18 bits per heavy atom. The Bertz CT molecular complexity index is 2140. The molecule has 1 N–H and O–H groups in total. The van der Waals surface area contributed by atoms with E-state index in [4.69, 9.17) is 34.8 Å². The molecule has 2 aliphatic heterocycles. The third-order valence-corrected chi connectivity index (χ3v) is 14.4. The Kier molecular flexibility index (Phi) is 10.9. The van der Waals surface area contributed by atoms with Gasteiger partial charge in [-0.05, 0) is 62.0 Å². The molecule has 2 aromatic carbocycles. The highest BCUT2D eigenvalue weighted by Crippen LogP contribution is 2.66. The molecule has 13 heteroatoms. The summed E-state index contributed by atoms with van der Waals surface area (Å²) in [5, 5.41) is 13.8. The molecule has 2 bridgehead atoms. The molecule has 2 saturated heterocycles. The second kappa shape index (κ2) is 15.2. The molecule has 0 radical (unpaired) electrons. The summed E-state index contributed by atoms with van der Waals surface area (Å²) in [6, 6.07) is 16.1. The van der Waals surface area contributed by atoms with Gasteiger partial charge in [0.25, 0.3) is 0 Å². The zero-order valence-electron chi connectivity index (χ0n) is 35.7. The van der Waals surface area contributed by atoms with Gasteiger partial charge >= 0.3 is 24.0 Å². The lowest BCUT2D eigenvalue weighted by Crippen LogP contribution is -2.80. The highest BCUT2D eigenvalue weighted by Gasteiger charge is 2.77. The third-order valence-electron chi connectivity index (χ3n) is 14.4. The fraction of sp³-hybridized carbons (Fsp3) is 0.553. The first-order valence-electron chi connectivity index (χ1n) is 20.5. The average molecular weight is 826 g/mol. The first-order valence-corrected chi connectivity index (χ1v) is 20.5. The van der Waals surface area contributed by atoms with Crippen LogP contribution in [-0.2, 0) is 42.8 Å². The van der Waals surface area contributed by atoms with E-state index in [1.807, 2.05) is 13.8 Å². The number of amides is 1. The van der Waals surface area contributed by atoms with Crippen LogP contribution in [0.5, 0.6) is 0 Å². The zero-order valence-corrected chi connectivity index (χ0v) is 35.7. The van der Waals surface area contributed by atoms with Gasteiger partial charge in [0.2, 0.25) is 0 Å². The number of carbonyl (C=O) groups excluding carboxylic acids is 5. The molecular formula is C47H55NO12. The average Bonchev–Trinajstić information content (AvgIpc) is 3.49. The monoisotopic (exact) mass is 825 g/mol. The van der Waals surface area contributed by atoms with E-state index in [9.17, 15) is 24.3 Å². The van der Waals surface area contributed by atoms with Crippen molar-refractivity contribution in [3.8, 4) is 12.3 Å². The number of hydrogen-bond acceptors (Lipinski definition) is 12. The van der Waals surface area contributed by atoms with Gasteiger partial charge < -0.3 is 33.5 Å². The number of hydrogen-bond donors (Lipinski definition) is 1. The van der Waals surface area contributed by atoms with E-state index in [0.29, 0.717) is 23.1 Å². The van der Waals surface area contributed by atoms with Gasteiger partial charge in [0, 0.05) is 30.1 Å². The minimum absolute atomic E-state index is 0.0854. The van der Waals surface area contributed by atoms with Gasteiger partial charge in [0.05, 0.1) is 18.1 Å². The molecule has 11 atom stereocenters. The van der Waals surface area contributed by atoms with Gasteiger partial charge in [-0.3, -0.25) is 14.5 Å². The Balaban J connectivity index is 1.38. The van der Waals surface area contributed by atoms with Gasteiger partial charge in [0.15, 0.2) is 18.3 Å². The number of ketones is 1. The summed E-state index contributed by atoms with van der Waals surface area (Å²) in [4.78, 5) is 72.4. The second-order valence-corrected chi connectivity index (χ2v) is 18.3. The maximum atomic E-state index is 15.5. The van der Waals surface area contributed by atoms with Crippen molar-refractivity contribution in [3.63, 3.8) is 0 Å². The molecule has 1 amide bonds. The van der Waals surface area contributed by atoms with Crippen molar-refractivity contribution in [2.24, 2.45) is 28.6 Å². The van der Waals surface area contributed by atoms with Crippen LogP contribution in [0.2, 0.25) is 0 Å². The van der Waals surface area contributed by atoms with Crippen LogP contribution in [-0.4, -0.2) is 94.3 Å². The molecule has 7 rings (SSSR count). The fourth-order valence-electron chi connectivity index (χ4n) is 11.3. The lowest BCUT2D eigenvalue weighted by molar-refractivity contribution is -0.339. The second-order valence-electron chi connectivity index (χ2n) is 18.3. The van der Waals surface area contributed by atoms with Crippen molar-refractivity contribution in [1.82, 2.24) is 4.90 Å². The minimum atomic E-state index is -2.05. The van der Waals surface area contributed by atoms with Crippen molar-refractivity contribution in [2.75, 3.05) is 13.2 Å². The number of carbonyl (C=O) groups is 5. The van der Waals surface area contributed by atoms with E-state index in [-0.39, 0.29) is 36.9 Å². The number of rotatable bonds is 7. The molecule has 5 aliphatic rings. The van der Waals surface area contributed by atoms with E-state index in [0.717, 1.165) is 0 Å². The van der Waals surface area contributed by atoms with Crippen molar-refractivity contribution in [1.29, 1.82) is 0 Å². The maximum absolute atomic E-state index is 15.5. The Morgan fingerprint density at radius 1 is 0.967 bits per heavy atom. The number of Topliss-reactive ketones (excluding diaryl/α,β-unsaturated/α-hetero) is 1. The van der Waals surface area contributed by atoms with Gasteiger partial charge in [-0.15, -0.1) is 6.42 Å². The Morgan fingerprint density at radius 2 is 1.60 bits per heavy atom. The van der Waals surface area contributed by atoms with Crippen LogP contribution in [0.1, 0.15) is 97.1 Å². The highest BCUT2D eigenvalue weighted by molar-refractivity contribution is 5.92. The first-order chi connectivity index (χ1) is 28.2. The Labute approximate surface area is 351 Å². The lowest BCUT2D eigenvalue weighted by atomic mass is 9.42. The van der Waals surface area contributed by atoms with Crippen LogP contribution in [0, 0.1) is 40.9 Å². The molecule has 60 heavy (non-hydrogen) atoms. The van der Waals surface area contributed by atoms with Gasteiger partial charge in [-0.25, -0.2) is 14.4 Å². The van der Waals surface area contributed by atoms with E-state index in [2.05, 4.69) is 5.92 Å². The molecule has 2 saturated carbocycles. The third kappa shape index (κ3) is 6.45. The van der Waals surface area contributed by atoms with Gasteiger partial charge in [-0.2, -0.15) is 0 Å². The molecule has 13 nitrogen and oxygen atoms in total. The number of aliphatic hydroxyl groups is 1. The van der Waals surface area contributed by atoms with Crippen LogP contribution in [0.3, 0.4) is 0 Å². The molecule has 320 valence electrons. The highest BCUT2D eigenvalue weighted by atomic mass is 16.6. The van der Waals surface area contributed by atoms with Crippen molar-refractivity contribution < 1.29 is 57.5 Å². The summed E-state index contributed by atoms with van der Waals surface area (Å²) in [6.45, 7) is 15.1. The number of benzene rings is 2. The van der Waals surface area contributed by atoms with E-state index in [1.165, 1.54) is 11.8 Å². The number of ether oxygens (including phenoxy) is 6. The normalized spacial score (nSPS) is 36.2. The van der Waals surface area contributed by atoms with E-state index < -0.39 is 94.1 Å². The van der Waals surface area contributed by atoms with E-state index in [1.54, 1.807) is 102 Å². The maximum Gasteiger partial charge on any atom is 0.413 e. The summed E-state index contributed by atoms with van der Waals surface area (Å²) >= 11 is 0. The summed E-state index contributed by atoms with van der Waals surface area (Å²) in [6.07, 6.45) is 0.00723. The fourth-order valence-corrected chi connectivity index (χ4v) is 11.3. The van der Waals surface area contributed by atoms with Gasteiger partial charge in [0.1, 0.15) is 41.5 Å². The molecule has 0 spiro atoms. The molecule has 2 aromatic rings. The molecule has 0 unspecified atom stereocenters. The lowest BCUT2D eigenvalue weighted by Gasteiger charge is -2.68. The molecule has 2 heterocycles. The summed E-state index contributed by atoms with van der Waals surface area (Å²) in [7, 11) is 0. The minimum Gasteiger partial charge on any atom is -0.456 e. The van der Waals surface area contributed by atoms with Crippen LogP contribution in [0.15, 0.2) is 71.8 Å². The number of esters is 3. The quantitative estimate of drug-likeness (QED) is 0.147. The number of fused-ring (bicyclic) bond motifs is 5. The summed E-state index contributed by atoms with van der Waals surface area (Å²) in [5.41, 5.74) is -5.60.